The molecule has 0 unspecified atom stereocenters. The highest BCUT2D eigenvalue weighted by molar-refractivity contribution is 5.99. The first kappa shape index (κ1) is 10.7. The molecule has 17 heavy (non-hydrogen) atoms. The maximum atomic E-state index is 12.6. The van der Waals surface area contributed by atoms with E-state index in [0.717, 1.165) is 44.6 Å². The number of nitrogens with one attached hydrogen (secondary N) is 1. The summed E-state index contributed by atoms with van der Waals surface area (Å²) in [5.74, 6) is 0.310. The number of rotatable bonds is 1. The molecule has 1 amide bonds. The first-order chi connectivity index (χ1) is 8.32. The molecule has 2 aliphatic heterocycles. The molecule has 0 bridgehead atoms. The summed E-state index contributed by atoms with van der Waals surface area (Å²) in [6.45, 7) is 2.79. The van der Waals surface area contributed by atoms with Gasteiger partial charge in [0.2, 0.25) is 5.91 Å². The Hall–Kier alpha value is -1.42. The predicted octanol–water partition coefficient (Wildman–Crippen LogP) is 1.19. The minimum atomic E-state index is -0.0888. The van der Waals surface area contributed by atoms with Gasteiger partial charge >= 0.3 is 0 Å². The van der Waals surface area contributed by atoms with Crippen molar-refractivity contribution in [3.8, 4) is 0 Å². The second-order valence-corrected chi connectivity index (χ2v) is 4.94. The summed E-state index contributed by atoms with van der Waals surface area (Å²) < 4.78 is 0. The van der Waals surface area contributed by atoms with E-state index < -0.39 is 0 Å². The van der Waals surface area contributed by atoms with Crippen LogP contribution < -0.4 is 10.2 Å². The van der Waals surface area contributed by atoms with Gasteiger partial charge in [-0.1, -0.05) is 0 Å². The van der Waals surface area contributed by atoms with E-state index in [4.69, 9.17) is 0 Å². The topological polar surface area (TPSA) is 45.2 Å². The Kier molecular flexibility index (Phi) is 2.59. The molecule has 3 heterocycles. The molecule has 1 spiro atoms. The van der Waals surface area contributed by atoms with Gasteiger partial charge in [0.25, 0.3) is 0 Å². The number of amides is 1. The minimum absolute atomic E-state index is 0.0888. The number of pyridine rings is 1. The molecule has 0 radical (unpaired) electrons. The van der Waals surface area contributed by atoms with Crippen molar-refractivity contribution in [2.24, 2.45) is 5.41 Å². The van der Waals surface area contributed by atoms with Crippen LogP contribution in [0.3, 0.4) is 0 Å². The van der Waals surface area contributed by atoms with Gasteiger partial charge in [-0.2, -0.15) is 0 Å². The average Bonchev–Trinajstić information content (AvgIpc) is 2.70. The van der Waals surface area contributed by atoms with E-state index in [1.165, 1.54) is 0 Å². The van der Waals surface area contributed by atoms with E-state index >= 15 is 0 Å². The summed E-state index contributed by atoms with van der Waals surface area (Å²) in [6, 6.07) is 3.83. The number of carbonyl (C=O) groups excluding carboxylic acids is 1. The third-order valence-corrected chi connectivity index (χ3v) is 4.05. The molecule has 0 aliphatic carbocycles. The fraction of sp³-hybridized carbons (Fsp3) is 0.538. The first-order valence-corrected chi connectivity index (χ1v) is 6.25. The normalized spacial score (nSPS) is 23.3. The molecule has 0 atom stereocenters. The van der Waals surface area contributed by atoms with Crippen LogP contribution in [-0.4, -0.2) is 30.5 Å². The van der Waals surface area contributed by atoms with Crippen molar-refractivity contribution in [3.63, 3.8) is 0 Å². The van der Waals surface area contributed by atoms with Gasteiger partial charge in [-0.3, -0.25) is 9.78 Å². The molecule has 90 valence electrons. The molecule has 1 aromatic heterocycles. The molecule has 2 aliphatic rings. The van der Waals surface area contributed by atoms with Crippen molar-refractivity contribution in [2.75, 3.05) is 24.5 Å². The number of anilines is 1. The van der Waals surface area contributed by atoms with Crippen LogP contribution in [-0.2, 0) is 4.79 Å². The lowest BCUT2D eigenvalue weighted by molar-refractivity contribution is -0.126. The van der Waals surface area contributed by atoms with E-state index in [-0.39, 0.29) is 5.41 Å². The highest BCUT2D eigenvalue weighted by Crippen LogP contribution is 2.41. The summed E-state index contributed by atoms with van der Waals surface area (Å²) in [4.78, 5) is 18.5. The van der Waals surface area contributed by atoms with E-state index in [1.807, 2.05) is 17.0 Å². The highest BCUT2D eigenvalue weighted by Gasteiger charge is 2.47. The lowest BCUT2D eigenvalue weighted by Crippen LogP contribution is -2.42. The number of hydrogen-bond acceptors (Lipinski definition) is 3. The lowest BCUT2D eigenvalue weighted by atomic mass is 9.78. The predicted molar refractivity (Wildman–Crippen MR) is 65.7 cm³/mol. The Balaban J connectivity index is 1.85. The van der Waals surface area contributed by atoms with E-state index in [1.54, 1.807) is 12.4 Å². The summed E-state index contributed by atoms with van der Waals surface area (Å²) >= 11 is 0. The van der Waals surface area contributed by atoms with Gasteiger partial charge in [0.15, 0.2) is 0 Å². The minimum Gasteiger partial charge on any atom is -0.317 e. The zero-order chi connectivity index (χ0) is 11.7. The molecule has 4 nitrogen and oxygen atoms in total. The third kappa shape index (κ3) is 1.72. The van der Waals surface area contributed by atoms with Crippen molar-refractivity contribution >= 4 is 11.6 Å². The maximum absolute atomic E-state index is 12.6. The van der Waals surface area contributed by atoms with Crippen LogP contribution in [0.5, 0.6) is 0 Å². The van der Waals surface area contributed by atoms with Crippen LogP contribution in [0.2, 0.25) is 0 Å². The Morgan fingerprint density at radius 3 is 2.59 bits per heavy atom. The van der Waals surface area contributed by atoms with Crippen LogP contribution in [0.1, 0.15) is 19.3 Å². The number of carbonyl (C=O) groups is 1. The quantitative estimate of drug-likeness (QED) is 0.789. The highest BCUT2D eigenvalue weighted by atomic mass is 16.2. The van der Waals surface area contributed by atoms with Gasteiger partial charge in [0.05, 0.1) is 5.41 Å². The summed E-state index contributed by atoms with van der Waals surface area (Å²) in [5, 5.41) is 3.33. The zero-order valence-electron chi connectivity index (χ0n) is 9.85. The standard InChI is InChI=1S/C13H17N3O/c17-12-13(3-8-15-9-4-13)5-10-16(12)11-1-6-14-7-2-11/h1-2,6-7,15H,3-5,8-10H2. The van der Waals surface area contributed by atoms with Crippen molar-refractivity contribution in [3.05, 3.63) is 24.5 Å². The average molecular weight is 231 g/mol. The van der Waals surface area contributed by atoms with E-state index in [9.17, 15) is 4.79 Å². The number of piperidine rings is 1. The Morgan fingerprint density at radius 1 is 1.18 bits per heavy atom. The van der Waals surface area contributed by atoms with Gasteiger partial charge in [0, 0.05) is 24.6 Å². The molecule has 0 saturated carbocycles. The van der Waals surface area contributed by atoms with Gasteiger partial charge in [-0.25, -0.2) is 0 Å². The van der Waals surface area contributed by atoms with Crippen LogP contribution in [0.25, 0.3) is 0 Å². The first-order valence-electron chi connectivity index (χ1n) is 6.25. The van der Waals surface area contributed by atoms with Crippen LogP contribution >= 0.6 is 0 Å². The SMILES string of the molecule is O=C1N(c2ccncc2)CCC12CCNCC2. The van der Waals surface area contributed by atoms with Crippen molar-refractivity contribution in [1.29, 1.82) is 0 Å². The molecule has 4 heteroatoms. The monoisotopic (exact) mass is 231 g/mol. The Labute approximate surface area is 101 Å². The number of hydrogen-bond donors (Lipinski definition) is 1. The molecular formula is C13H17N3O. The molecule has 0 aromatic carbocycles. The number of aromatic nitrogens is 1. The van der Waals surface area contributed by atoms with E-state index in [2.05, 4.69) is 10.3 Å². The summed E-state index contributed by atoms with van der Waals surface area (Å²) in [7, 11) is 0. The third-order valence-electron chi connectivity index (χ3n) is 4.05. The Morgan fingerprint density at radius 2 is 1.88 bits per heavy atom. The maximum Gasteiger partial charge on any atom is 0.233 e. The second kappa shape index (κ2) is 4.11. The summed E-state index contributed by atoms with van der Waals surface area (Å²) in [6.07, 6.45) is 6.45. The molecular weight excluding hydrogens is 214 g/mol. The second-order valence-electron chi connectivity index (χ2n) is 4.94. The lowest BCUT2D eigenvalue weighted by Gasteiger charge is -2.32. The Bertz CT molecular complexity index is 412. The largest absolute Gasteiger partial charge is 0.317 e. The van der Waals surface area contributed by atoms with E-state index in [0.29, 0.717) is 5.91 Å². The fourth-order valence-electron chi connectivity index (χ4n) is 2.96. The fourth-order valence-corrected chi connectivity index (χ4v) is 2.96. The van der Waals surface area contributed by atoms with Crippen LogP contribution in [0.4, 0.5) is 5.69 Å². The van der Waals surface area contributed by atoms with Crippen molar-refractivity contribution in [2.45, 2.75) is 19.3 Å². The molecule has 1 N–H and O–H groups in total. The van der Waals surface area contributed by atoms with Gasteiger partial charge < -0.3 is 10.2 Å². The molecule has 3 rings (SSSR count). The zero-order valence-corrected chi connectivity index (χ0v) is 9.85. The van der Waals surface area contributed by atoms with Crippen molar-refractivity contribution < 1.29 is 4.79 Å². The van der Waals surface area contributed by atoms with Crippen molar-refractivity contribution in [1.82, 2.24) is 10.3 Å². The van der Waals surface area contributed by atoms with Gasteiger partial charge in [-0.15, -0.1) is 0 Å². The molecule has 2 saturated heterocycles. The number of nitrogens with zero attached hydrogens (tertiary/aromatic N) is 2. The molecule has 2 fully saturated rings. The van der Waals surface area contributed by atoms with Crippen LogP contribution in [0, 0.1) is 5.41 Å². The van der Waals surface area contributed by atoms with Gasteiger partial charge in [0.1, 0.15) is 0 Å². The molecule has 1 aromatic rings. The summed E-state index contributed by atoms with van der Waals surface area (Å²) in [5.41, 5.74) is 0.898. The van der Waals surface area contributed by atoms with Gasteiger partial charge in [-0.05, 0) is 44.5 Å². The van der Waals surface area contributed by atoms with Crippen LogP contribution in [0.15, 0.2) is 24.5 Å². The smallest absolute Gasteiger partial charge is 0.233 e.